The fourth-order valence-corrected chi connectivity index (χ4v) is 1.83. The second-order valence-corrected chi connectivity index (χ2v) is 4.49. The molecule has 0 aromatic rings. The number of carbonyl (C=O) groups is 2. The summed E-state index contributed by atoms with van der Waals surface area (Å²) in [4.78, 5) is 21.2. The molecule has 1 radical (unpaired) electrons. The smallest absolute Gasteiger partial charge is 0.317 e. The average molecular weight is 251 g/mol. The molecule has 0 aromatic heterocycles. The van der Waals surface area contributed by atoms with E-state index in [1.807, 2.05) is 0 Å². The summed E-state index contributed by atoms with van der Waals surface area (Å²) in [7, 11) is 0. The average Bonchev–Trinajstić information content (AvgIpc) is 2.26. The molecular formula is C13H24LiO4. The van der Waals surface area contributed by atoms with Gasteiger partial charge < -0.3 is 10.2 Å². The maximum atomic E-state index is 10.6. The van der Waals surface area contributed by atoms with E-state index in [0.717, 1.165) is 12.8 Å². The van der Waals surface area contributed by atoms with Crippen LogP contribution in [0.5, 0.6) is 0 Å². The van der Waals surface area contributed by atoms with Gasteiger partial charge in [-0.05, 0) is 6.42 Å². The fraction of sp³-hybridized carbons (Fsp3) is 0.846. The minimum atomic E-state index is -1.23. The zero-order valence-electron chi connectivity index (χ0n) is 11.7. The SMILES string of the molecule is CCCCCCCCCCC(C(=O)O)C(=O)O.[Li]. The first-order valence-electron chi connectivity index (χ1n) is 6.55. The van der Waals surface area contributed by atoms with E-state index in [9.17, 15) is 9.59 Å². The van der Waals surface area contributed by atoms with Crippen molar-refractivity contribution in [2.45, 2.75) is 64.7 Å². The summed E-state index contributed by atoms with van der Waals surface area (Å²) in [5, 5.41) is 17.3. The zero-order chi connectivity index (χ0) is 13.1. The normalized spacial score (nSPS) is 10.1. The Morgan fingerprint density at radius 3 is 1.61 bits per heavy atom. The molecule has 0 amide bonds. The fourth-order valence-electron chi connectivity index (χ4n) is 1.83. The number of hydrogen-bond donors (Lipinski definition) is 2. The molecule has 18 heavy (non-hydrogen) atoms. The molecule has 0 aliphatic rings. The van der Waals surface area contributed by atoms with Crippen LogP contribution in [-0.4, -0.2) is 41.0 Å². The van der Waals surface area contributed by atoms with Crippen molar-refractivity contribution in [3.05, 3.63) is 0 Å². The van der Waals surface area contributed by atoms with Crippen molar-refractivity contribution in [3.8, 4) is 0 Å². The van der Waals surface area contributed by atoms with Crippen molar-refractivity contribution in [1.82, 2.24) is 0 Å². The third-order valence-electron chi connectivity index (χ3n) is 2.94. The van der Waals surface area contributed by atoms with Gasteiger partial charge in [-0.15, -0.1) is 0 Å². The van der Waals surface area contributed by atoms with E-state index in [2.05, 4.69) is 6.92 Å². The predicted molar refractivity (Wildman–Crippen MR) is 71.7 cm³/mol. The number of carboxylic acids is 2. The molecule has 0 aliphatic heterocycles. The van der Waals surface area contributed by atoms with E-state index in [4.69, 9.17) is 10.2 Å². The van der Waals surface area contributed by atoms with Crippen LogP contribution >= 0.6 is 0 Å². The standard InChI is InChI=1S/C13H24O4.Li/c1-2-3-4-5-6-7-8-9-10-11(12(14)15)13(16)17;/h11H,2-10H2,1H3,(H,14,15)(H,16,17);. The summed E-state index contributed by atoms with van der Waals surface area (Å²) in [6.45, 7) is 2.18. The molecule has 0 spiro atoms. The largest absolute Gasteiger partial charge is 0.481 e. The van der Waals surface area contributed by atoms with Crippen LogP contribution in [0.4, 0.5) is 0 Å². The summed E-state index contributed by atoms with van der Waals surface area (Å²) >= 11 is 0. The molecular weight excluding hydrogens is 227 g/mol. The van der Waals surface area contributed by atoms with Gasteiger partial charge in [0.15, 0.2) is 5.92 Å². The molecule has 101 valence electrons. The third-order valence-corrected chi connectivity index (χ3v) is 2.94. The second-order valence-electron chi connectivity index (χ2n) is 4.49. The molecule has 5 heteroatoms. The summed E-state index contributed by atoms with van der Waals surface area (Å²) < 4.78 is 0. The summed E-state index contributed by atoms with van der Waals surface area (Å²) in [6.07, 6.45) is 9.14. The molecule has 2 N–H and O–H groups in total. The number of unbranched alkanes of at least 4 members (excludes halogenated alkanes) is 7. The maximum Gasteiger partial charge on any atom is 0.317 e. The Morgan fingerprint density at radius 1 is 0.833 bits per heavy atom. The molecule has 0 fully saturated rings. The van der Waals surface area contributed by atoms with Gasteiger partial charge >= 0.3 is 11.9 Å². The Balaban J connectivity index is 0. The molecule has 0 bridgehead atoms. The van der Waals surface area contributed by atoms with Gasteiger partial charge in [0.05, 0.1) is 0 Å². The molecule has 4 nitrogen and oxygen atoms in total. The quantitative estimate of drug-likeness (QED) is 0.336. The first-order valence-corrected chi connectivity index (χ1v) is 6.55. The zero-order valence-corrected chi connectivity index (χ0v) is 11.7. The van der Waals surface area contributed by atoms with E-state index in [0.29, 0.717) is 6.42 Å². The van der Waals surface area contributed by atoms with Gasteiger partial charge in [0.2, 0.25) is 0 Å². The van der Waals surface area contributed by atoms with Gasteiger partial charge in [0.1, 0.15) is 0 Å². The van der Waals surface area contributed by atoms with Crippen LogP contribution in [0.25, 0.3) is 0 Å². The first-order chi connectivity index (χ1) is 8.09. The number of hydrogen-bond acceptors (Lipinski definition) is 2. The monoisotopic (exact) mass is 251 g/mol. The second kappa shape index (κ2) is 13.0. The van der Waals surface area contributed by atoms with E-state index < -0.39 is 17.9 Å². The van der Waals surface area contributed by atoms with Gasteiger partial charge in [0, 0.05) is 18.9 Å². The van der Waals surface area contributed by atoms with E-state index in [1.165, 1.54) is 32.1 Å². The molecule has 0 heterocycles. The Bertz CT molecular complexity index is 217. The van der Waals surface area contributed by atoms with Crippen LogP contribution in [0, 0.1) is 5.92 Å². The van der Waals surface area contributed by atoms with Gasteiger partial charge in [-0.1, -0.05) is 58.3 Å². The van der Waals surface area contributed by atoms with E-state index >= 15 is 0 Å². The van der Waals surface area contributed by atoms with Crippen LogP contribution in [0.1, 0.15) is 64.7 Å². The molecule has 0 unspecified atom stereocenters. The van der Waals surface area contributed by atoms with E-state index in [-0.39, 0.29) is 25.3 Å². The Hall–Kier alpha value is -0.463. The predicted octanol–water partition coefficient (Wildman–Crippen LogP) is 2.92. The Morgan fingerprint density at radius 2 is 1.22 bits per heavy atom. The van der Waals surface area contributed by atoms with Crippen molar-refractivity contribution in [2.24, 2.45) is 5.92 Å². The van der Waals surface area contributed by atoms with Crippen molar-refractivity contribution in [2.75, 3.05) is 0 Å². The topological polar surface area (TPSA) is 74.6 Å². The van der Waals surface area contributed by atoms with Gasteiger partial charge in [0.25, 0.3) is 0 Å². The van der Waals surface area contributed by atoms with Gasteiger partial charge in [-0.25, -0.2) is 0 Å². The molecule has 0 atom stereocenters. The van der Waals surface area contributed by atoms with Crippen LogP contribution in [0.15, 0.2) is 0 Å². The molecule has 0 saturated heterocycles. The van der Waals surface area contributed by atoms with Crippen LogP contribution in [-0.2, 0) is 9.59 Å². The van der Waals surface area contributed by atoms with Crippen LogP contribution in [0.3, 0.4) is 0 Å². The molecule has 0 rings (SSSR count). The molecule has 0 aromatic carbocycles. The van der Waals surface area contributed by atoms with Gasteiger partial charge in [-0.3, -0.25) is 9.59 Å². The third kappa shape index (κ3) is 10.7. The van der Waals surface area contributed by atoms with Crippen molar-refractivity contribution in [3.63, 3.8) is 0 Å². The molecule has 0 aliphatic carbocycles. The first kappa shape index (κ1) is 19.9. The van der Waals surface area contributed by atoms with Crippen molar-refractivity contribution < 1.29 is 19.8 Å². The maximum absolute atomic E-state index is 10.6. The van der Waals surface area contributed by atoms with E-state index in [1.54, 1.807) is 0 Å². The Kier molecular flexibility index (Phi) is 14.3. The molecule has 0 saturated carbocycles. The van der Waals surface area contributed by atoms with Gasteiger partial charge in [-0.2, -0.15) is 0 Å². The summed E-state index contributed by atoms with van der Waals surface area (Å²) in [5.41, 5.74) is 0. The Labute approximate surface area is 121 Å². The van der Waals surface area contributed by atoms with Crippen molar-refractivity contribution >= 4 is 30.8 Å². The minimum Gasteiger partial charge on any atom is -0.481 e. The number of rotatable bonds is 11. The number of carboxylic acid groups (broad SMARTS) is 2. The van der Waals surface area contributed by atoms with Crippen LogP contribution < -0.4 is 0 Å². The summed E-state index contributed by atoms with van der Waals surface area (Å²) in [5.74, 6) is -3.67. The summed E-state index contributed by atoms with van der Waals surface area (Å²) in [6, 6.07) is 0. The number of aliphatic carboxylic acids is 2. The minimum absolute atomic E-state index is 0. The van der Waals surface area contributed by atoms with Crippen LogP contribution in [0.2, 0.25) is 0 Å². The van der Waals surface area contributed by atoms with Crippen molar-refractivity contribution in [1.29, 1.82) is 0 Å².